The van der Waals surface area contributed by atoms with E-state index in [1.807, 2.05) is 13.0 Å². The zero-order valence-electron chi connectivity index (χ0n) is 10.8. The first kappa shape index (κ1) is 13.9. The van der Waals surface area contributed by atoms with Crippen LogP contribution in [0.2, 0.25) is 0 Å². The smallest absolute Gasteiger partial charge is 0.367 e. The summed E-state index contributed by atoms with van der Waals surface area (Å²) in [7, 11) is 0. The predicted octanol–water partition coefficient (Wildman–Crippen LogP) is 2.97. The molecule has 1 heterocycles. The van der Waals surface area contributed by atoms with Crippen molar-refractivity contribution in [1.82, 2.24) is 0 Å². The average molecular weight is 272 g/mol. The highest BCUT2D eigenvalue weighted by Crippen LogP contribution is 2.28. The molecule has 4 atom stereocenters. The highest BCUT2D eigenvalue weighted by atomic mass is 32.2. The van der Waals surface area contributed by atoms with Gasteiger partial charge in [0.25, 0.3) is 0 Å². The van der Waals surface area contributed by atoms with Gasteiger partial charge in [-0.05, 0) is 30.2 Å². The summed E-state index contributed by atoms with van der Waals surface area (Å²) >= 11 is 1.20. The number of allylic oxidation sites excluding steroid dienone is 1. The van der Waals surface area contributed by atoms with E-state index in [9.17, 15) is 4.79 Å². The van der Waals surface area contributed by atoms with Gasteiger partial charge in [0.05, 0.1) is 12.2 Å². The predicted molar refractivity (Wildman–Crippen MR) is 70.6 cm³/mol. The van der Waals surface area contributed by atoms with Crippen molar-refractivity contribution in [3.8, 4) is 0 Å². The van der Waals surface area contributed by atoms with Gasteiger partial charge in [-0.15, -0.1) is 0 Å². The molecule has 1 aliphatic carbocycles. The fourth-order valence-corrected chi connectivity index (χ4v) is 2.72. The monoisotopic (exact) mass is 272 g/mol. The van der Waals surface area contributed by atoms with Gasteiger partial charge in [-0.3, -0.25) is 0 Å². The van der Waals surface area contributed by atoms with Crippen LogP contribution in [0, 0.1) is 5.92 Å². The average Bonchev–Trinajstić information content (AvgIpc) is 2.71. The molecule has 0 aromatic heterocycles. The zero-order valence-corrected chi connectivity index (χ0v) is 11.7. The Morgan fingerprint density at radius 2 is 2.06 bits per heavy atom. The Morgan fingerprint density at radius 1 is 1.33 bits per heavy atom. The highest BCUT2D eigenvalue weighted by molar-refractivity contribution is 8.13. The normalized spacial score (nSPS) is 37.4. The molecule has 0 N–H and O–H groups in total. The fourth-order valence-electron chi connectivity index (χ4n) is 2.30. The first-order valence-electron chi connectivity index (χ1n) is 6.44. The summed E-state index contributed by atoms with van der Waals surface area (Å²) in [5, 5.41) is -0.212. The molecule has 0 spiro atoms. The topological polar surface area (TPSA) is 44.8 Å². The first-order chi connectivity index (χ1) is 8.69. The lowest BCUT2D eigenvalue weighted by molar-refractivity contribution is 0.0301. The van der Waals surface area contributed by atoms with E-state index in [0.29, 0.717) is 19.1 Å². The van der Waals surface area contributed by atoms with Crippen molar-refractivity contribution in [2.75, 3.05) is 12.5 Å². The maximum Gasteiger partial charge on any atom is 0.367 e. The van der Waals surface area contributed by atoms with E-state index in [1.54, 1.807) is 0 Å². The van der Waals surface area contributed by atoms with Crippen LogP contribution in [-0.4, -0.2) is 36.2 Å². The van der Waals surface area contributed by atoms with Gasteiger partial charge >= 0.3 is 5.30 Å². The lowest BCUT2D eigenvalue weighted by Gasteiger charge is -2.25. The summed E-state index contributed by atoms with van der Waals surface area (Å²) in [6, 6.07) is 0. The molecule has 0 aromatic rings. The SMILES string of the molecule is CCSC(=O)OC1/C=C/C(C)CC2OCOC2C1. The Morgan fingerprint density at radius 3 is 2.78 bits per heavy atom. The molecule has 0 aromatic carbocycles. The molecule has 0 bridgehead atoms. The summed E-state index contributed by atoms with van der Waals surface area (Å²) in [5.74, 6) is 1.15. The van der Waals surface area contributed by atoms with Gasteiger partial charge in [-0.1, -0.05) is 19.9 Å². The van der Waals surface area contributed by atoms with Gasteiger partial charge in [0.2, 0.25) is 0 Å². The molecule has 5 heteroatoms. The number of ether oxygens (including phenoxy) is 3. The molecule has 1 fully saturated rings. The minimum Gasteiger partial charge on any atom is -0.450 e. The van der Waals surface area contributed by atoms with E-state index >= 15 is 0 Å². The zero-order chi connectivity index (χ0) is 13.0. The quantitative estimate of drug-likeness (QED) is 0.571. The molecule has 2 aliphatic rings. The second-order valence-corrected chi connectivity index (χ2v) is 5.90. The second-order valence-electron chi connectivity index (χ2n) is 4.70. The van der Waals surface area contributed by atoms with Gasteiger partial charge in [0, 0.05) is 12.2 Å². The van der Waals surface area contributed by atoms with E-state index < -0.39 is 0 Å². The molecule has 0 amide bonds. The van der Waals surface area contributed by atoms with Crippen LogP contribution in [0.4, 0.5) is 4.79 Å². The number of carbonyl (C=O) groups excluding carboxylic acids is 1. The van der Waals surface area contributed by atoms with Crippen molar-refractivity contribution >= 4 is 17.1 Å². The first-order valence-corrected chi connectivity index (χ1v) is 7.42. The van der Waals surface area contributed by atoms with Crippen LogP contribution in [0.3, 0.4) is 0 Å². The fraction of sp³-hybridized carbons (Fsp3) is 0.769. The minimum atomic E-state index is -0.212. The molecule has 0 saturated carbocycles. The molecule has 18 heavy (non-hydrogen) atoms. The van der Waals surface area contributed by atoms with Crippen molar-refractivity contribution in [2.24, 2.45) is 5.92 Å². The molecule has 102 valence electrons. The third-order valence-electron chi connectivity index (χ3n) is 3.21. The van der Waals surface area contributed by atoms with Crippen LogP contribution < -0.4 is 0 Å². The van der Waals surface area contributed by atoms with Crippen LogP contribution >= 0.6 is 11.8 Å². The van der Waals surface area contributed by atoms with Gasteiger partial charge in [0.1, 0.15) is 12.9 Å². The molecule has 4 unspecified atom stereocenters. The number of hydrogen-bond acceptors (Lipinski definition) is 5. The Bertz CT molecular complexity index is 318. The largest absolute Gasteiger partial charge is 0.450 e. The molecule has 1 saturated heterocycles. The van der Waals surface area contributed by atoms with Gasteiger partial charge in [-0.2, -0.15) is 0 Å². The van der Waals surface area contributed by atoms with Crippen molar-refractivity contribution < 1.29 is 19.0 Å². The standard InChI is InChI=1S/C13H20O4S/c1-3-18-13(14)17-10-5-4-9(2)6-11-12(7-10)16-8-15-11/h4-5,9-12H,3,6-8H2,1-2H3/b5-4+. The molecular formula is C13H20O4S. The Hall–Kier alpha value is -0.520. The number of rotatable bonds is 2. The maximum absolute atomic E-state index is 11.5. The summed E-state index contributed by atoms with van der Waals surface area (Å²) in [5.41, 5.74) is 0. The number of hydrogen-bond donors (Lipinski definition) is 0. The molecule has 4 nitrogen and oxygen atoms in total. The van der Waals surface area contributed by atoms with Crippen LogP contribution in [0.5, 0.6) is 0 Å². The molecule has 2 rings (SSSR count). The van der Waals surface area contributed by atoms with E-state index in [-0.39, 0.29) is 23.6 Å². The number of carbonyl (C=O) groups is 1. The summed E-state index contributed by atoms with van der Waals surface area (Å²) in [4.78, 5) is 11.5. The Labute approximate surface area is 112 Å². The van der Waals surface area contributed by atoms with Crippen LogP contribution in [-0.2, 0) is 14.2 Å². The summed E-state index contributed by atoms with van der Waals surface area (Å²) in [6.45, 7) is 4.43. The summed E-state index contributed by atoms with van der Waals surface area (Å²) in [6.07, 6.45) is 5.71. The van der Waals surface area contributed by atoms with E-state index in [1.165, 1.54) is 11.8 Å². The lowest BCUT2D eigenvalue weighted by atomic mass is 9.93. The number of thioether (sulfide) groups is 1. The van der Waals surface area contributed by atoms with E-state index in [0.717, 1.165) is 12.2 Å². The Balaban J connectivity index is 1.98. The van der Waals surface area contributed by atoms with Crippen molar-refractivity contribution in [2.45, 2.75) is 45.0 Å². The minimum absolute atomic E-state index is 0.0434. The van der Waals surface area contributed by atoms with Crippen LogP contribution in [0.25, 0.3) is 0 Å². The van der Waals surface area contributed by atoms with Crippen molar-refractivity contribution in [3.05, 3.63) is 12.2 Å². The Kier molecular flexibility index (Phi) is 5.09. The summed E-state index contributed by atoms with van der Waals surface area (Å²) < 4.78 is 16.5. The third kappa shape index (κ3) is 3.73. The second kappa shape index (κ2) is 6.59. The van der Waals surface area contributed by atoms with Crippen molar-refractivity contribution in [1.29, 1.82) is 0 Å². The third-order valence-corrected chi connectivity index (χ3v) is 3.83. The van der Waals surface area contributed by atoms with E-state index in [2.05, 4.69) is 13.0 Å². The molecule has 1 aliphatic heterocycles. The van der Waals surface area contributed by atoms with Crippen LogP contribution in [0.1, 0.15) is 26.7 Å². The lowest BCUT2D eigenvalue weighted by Crippen LogP contribution is -2.31. The highest BCUT2D eigenvalue weighted by Gasteiger charge is 2.34. The maximum atomic E-state index is 11.5. The molecular weight excluding hydrogens is 252 g/mol. The van der Waals surface area contributed by atoms with E-state index in [4.69, 9.17) is 14.2 Å². The molecule has 0 radical (unpaired) electrons. The van der Waals surface area contributed by atoms with Gasteiger partial charge in [0.15, 0.2) is 0 Å². The van der Waals surface area contributed by atoms with Crippen LogP contribution in [0.15, 0.2) is 12.2 Å². The van der Waals surface area contributed by atoms with Gasteiger partial charge < -0.3 is 14.2 Å². The van der Waals surface area contributed by atoms with Gasteiger partial charge in [-0.25, -0.2) is 4.79 Å². The van der Waals surface area contributed by atoms with Crippen molar-refractivity contribution in [3.63, 3.8) is 0 Å². The number of fused-ring (bicyclic) bond motifs is 1.